The van der Waals surface area contributed by atoms with E-state index in [4.69, 9.17) is 0 Å². The lowest BCUT2D eigenvalue weighted by Crippen LogP contribution is -2.31. The van der Waals surface area contributed by atoms with Gasteiger partial charge in [0.1, 0.15) is 5.78 Å². The van der Waals surface area contributed by atoms with E-state index in [1.165, 1.54) is 5.56 Å². The first-order chi connectivity index (χ1) is 6.20. The predicted molar refractivity (Wildman–Crippen MR) is 53.4 cm³/mol. The smallest absolute Gasteiger partial charge is 0.146 e. The number of benzene rings is 1. The quantitative estimate of drug-likeness (QED) is 0.759. The van der Waals surface area contributed by atoms with Crippen LogP contribution >= 0.6 is 0 Å². The van der Waals surface area contributed by atoms with Gasteiger partial charge < -0.3 is 5.32 Å². The van der Waals surface area contributed by atoms with Crippen molar-refractivity contribution in [3.63, 3.8) is 0 Å². The molecule has 0 saturated heterocycles. The Morgan fingerprint density at radius 3 is 2.54 bits per heavy atom. The average Bonchev–Trinajstić information content (AvgIpc) is 2.15. The molecule has 0 heterocycles. The van der Waals surface area contributed by atoms with Gasteiger partial charge in [-0.05, 0) is 19.4 Å². The third kappa shape index (κ3) is 3.38. The van der Waals surface area contributed by atoms with Crippen molar-refractivity contribution in [1.29, 1.82) is 0 Å². The van der Waals surface area contributed by atoms with E-state index in [0.29, 0.717) is 0 Å². The highest BCUT2D eigenvalue weighted by Gasteiger charge is 2.05. The van der Waals surface area contributed by atoms with Crippen molar-refractivity contribution >= 4 is 5.78 Å². The molecule has 0 spiro atoms. The number of rotatable bonds is 4. The second-order valence-electron chi connectivity index (χ2n) is 3.20. The van der Waals surface area contributed by atoms with Crippen LogP contribution in [0, 0.1) is 0 Å². The minimum absolute atomic E-state index is 0.0554. The molecule has 0 amide bonds. The Balaban J connectivity index is 2.39. The van der Waals surface area contributed by atoms with Crippen molar-refractivity contribution in [3.05, 3.63) is 35.9 Å². The fourth-order valence-electron chi connectivity index (χ4n) is 1.01. The molecule has 70 valence electrons. The number of ketones is 1. The molecule has 1 aromatic rings. The normalized spacial score (nSPS) is 12.5. The lowest BCUT2D eigenvalue weighted by Gasteiger charge is -2.09. The zero-order chi connectivity index (χ0) is 9.68. The van der Waals surface area contributed by atoms with Gasteiger partial charge in [-0.1, -0.05) is 30.3 Å². The van der Waals surface area contributed by atoms with Crippen LogP contribution in [0.5, 0.6) is 0 Å². The van der Waals surface area contributed by atoms with Gasteiger partial charge in [-0.2, -0.15) is 0 Å². The summed E-state index contributed by atoms with van der Waals surface area (Å²) in [7, 11) is 0. The molecule has 0 saturated carbocycles. The molecular weight excluding hydrogens is 162 g/mol. The summed E-state index contributed by atoms with van der Waals surface area (Å²) >= 11 is 0. The molecule has 1 N–H and O–H groups in total. The number of carbonyl (C=O) groups excluding carboxylic acids is 1. The zero-order valence-corrected chi connectivity index (χ0v) is 8.08. The van der Waals surface area contributed by atoms with E-state index in [2.05, 4.69) is 5.32 Å². The number of Topliss-reactive ketones (excluding diaryl/α,β-unsaturated/α-hetero) is 1. The molecule has 0 radical (unpaired) electrons. The van der Waals surface area contributed by atoms with Gasteiger partial charge in [-0.25, -0.2) is 0 Å². The maximum atomic E-state index is 10.9. The van der Waals surface area contributed by atoms with Crippen molar-refractivity contribution in [2.45, 2.75) is 26.4 Å². The molecule has 13 heavy (non-hydrogen) atoms. The Morgan fingerprint density at radius 2 is 2.00 bits per heavy atom. The molecule has 0 aliphatic carbocycles. The second-order valence-corrected chi connectivity index (χ2v) is 3.20. The van der Waals surface area contributed by atoms with Crippen LogP contribution in [-0.2, 0) is 11.3 Å². The van der Waals surface area contributed by atoms with Crippen LogP contribution in [0.4, 0.5) is 0 Å². The highest BCUT2D eigenvalue weighted by molar-refractivity contribution is 5.80. The van der Waals surface area contributed by atoms with E-state index in [-0.39, 0.29) is 11.8 Å². The number of hydrogen-bond donors (Lipinski definition) is 1. The first kappa shape index (κ1) is 9.93. The van der Waals surface area contributed by atoms with Crippen LogP contribution in [0.2, 0.25) is 0 Å². The minimum atomic E-state index is -0.0554. The molecule has 0 aliphatic heterocycles. The molecule has 0 bridgehead atoms. The Kier molecular flexibility index (Phi) is 3.65. The molecule has 0 unspecified atom stereocenters. The van der Waals surface area contributed by atoms with E-state index in [1.54, 1.807) is 6.92 Å². The maximum absolute atomic E-state index is 10.9. The molecule has 0 aliphatic rings. The number of nitrogens with one attached hydrogen (secondary N) is 1. The topological polar surface area (TPSA) is 29.1 Å². The molecular formula is C11H15NO. The standard InChI is InChI=1S/C11H15NO/c1-9(10(2)13)12-8-11-6-4-3-5-7-11/h3-7,9,12H,8H2,1-2H3/t9-/m0/s1. The molecule has 2 heteroatoms. The lowest BCUT2D eigenvalue weighted by molar-refractivity contribution is -0.118. The summed E-state index contributed by atoms with van der Waals surface area (Å²) in [6, 6.07) is 10.0. The summed E-state index contributed by atoms with van der Waals surface area (Å²) < 4.78 is 0. The predicted octanol–water partition coefficient (Wildman–Crippen LogP) is 1.75. The van der Waals surface area contributed by atoms with E-state index in [0.717, 1.165) is 6.54 Å². The first-order valence-electron chi connectivity index (χ1n) is 4.48. The van der Waals surface area contributed by atoms with Crippen LogP contribution in [0.3, 0.4) is 0 Å². The number of carbonyl (C=O) groups is 1. The van der Waals surface area contributed by atoms with Gasteiger partial charge in [0.2, 0.25) is 0 Å². The van der Waals surface area contributed by atoms with Gasteiger partial charge in [0.25, 0.3) is 0 Å². The average molecular weight is 177 g/mol. The molecule has 0 aromatic heterocycles. The lowest BCUT2D eigenvalue weighted by atomic mass is 10.2. The molecule has 1 rings (SSSR count). The van der Waals surface area contributed by atoms with Crippen LogP contribution in [0.25, 0.3) is 0 Å². The van der Waals surface area contributed by atoms with Crippen molar-refractivity contribution in [1.82, 2.24) is 5.32 Å². The first-order valence-corrected chi connectivity index (χ1v) is 4.48. The van der Waals surface area contributed by atoms with Gasteiger partial charge in [-0.15, -0.1) is 0 Å². The summed E-state index contributed by atoms with van der Waals surface area (Å²) in [6.07, 6.45) is 0. The SMILES string of the molecule is CC(=O)[C@H](C)NCc1ccccc1. The van der Waals surface area contributed by atoms with Crippen LogP contribution < -0.4 is 5.32 Å². The molecule has 1 atom stereocenters. The van der Waals surface area contributed by atoms with Crippen LogP contribution in [0.1, 0.15) is 19.4 Å². The van der Waals surface area contributed by atoms with Gasteiger partial charge in [-0.3, -0.25) is 4.79 Å². The summed E-state index contributed by atoms with van der Waals surface area (Å²) in [5.74, 6) is 0.177. The fraction of sp³-hybridized carbons (Fsp3) is 0.364. The van der Waals surface area contributed by atoms with E-state index >= 15 is 0 Å². The summed E-state index contributed by atoms with van der Waals surface area (Å²) in [5, 5.41) is 3.15. The third-order valence-corrected chi connectivity index (χ3v) is 2.06. The summed E-state index contributed by atoms with van der Waals surface area (Å²) in [4.78, 5) is 10.9. The Labute approximate surface area is 79.0 Å². The van der Waals surface area contributed by atoms with E-state index in [9.17, 15) is 4.79 Å². The Bertz CT molecular complexity index is 269. The maximum Gasteiger partial charge on any atom is 0.146 e. The fourth-order valence-corrected chi connectivity index (χ4v) is 1.01. The zero-order valence-electron chi connectivity index (χ0n) is 8.08. The van der Waals surface area contributed by atoms with E-state index in [1.807, 2.05) is 37.3 Å². The Morgan fingerprint density at radius 1 is 1.38 bits per heavy atom. The molecule has 0 fully saturated rings. The van der Waals surface area contributed by atoms with Gasteiger partial charge in [0.05, 0.1) is 6.04 Å². The summed E-state index contributed by atoms with van der Waals surface area (Å²) in [6.45, 7) is 4.23. The molecule has 1 aromatic carbocycles. The summed E-state index contributed by atoms with van der Waals surface area (Å²) in [5.41, 5.74) is 1.20. The van der Waals surface area contributed by atoms with Gasteiger partial charge in [0, 0.05) is 6.54 Å². The van der Waals surface area contributed by atoms with Crippen molar-refractivity contribution < 1.29 is 4.79 Å². The van der Waals surface area contributed by atoms with Gasteiger partial charge in [0.15, 0.2) is 0 Å². The highest BCUT2D eigenvalue weighted by atomic mass is 16.1. The third-order valence-electron chi connectivity index (χ3n) is 2.06. The Hall–Kier alpha value is -1.15. The number of hydrogen-bond acceptors (Lipinski definition) is 2. The van der Waals surface area contributed by atoms with Crippen LogP contribution in [0.15, 0.2) is 30.3 Å². The van der Waals surface area contributed by atoms with Crippen molar-refractivity contribution in [2.24, 2.45) is 0 Å². The largest absolute Gasteiger partial charge is 0.304 e. The van der Waals surface area contributed by atoms with Gasteiger partial charge >= 0.3 is 0 Å². The van der Waals surface area contributed by atoms with Crippen LogP contribution in [-0.4, -0.2) is 11.8 Å². The highest BCUT2D eigenvalue weighted by Crippen LogP contribution is 1.98. The minimum Gasteiger partial charge on any atom is -0.304 e. The monoisotopic (exact) mass is 177 g/mol. The molecule has 2 nitrogen and oxygen atoms in total. The second kappa shape index (κ2) is 4.77. The van der Waals surface area contributed by atoms with Crippen molar-refractivity contribution in [3.8, 4) is 0 Å². The van der Waals surface area contributed by atoms with Crippen molar-refractivity contribution in [2.75, 3.05) is 0 Å². The van der Waals surface area contributed by atoms with E-state index < -0.39 is 0 Å².